The van der Waals surface area contributed by atoms with Crippen molar-refractivity contribution >= 4 is 23.5 Å². The van der Waals surface area contributed by atoms with Crippen LogP contribution in [0.4, 0.5) is 0 Å². The third-order valence-corrected chi connectivity index (χ3v) is 6.13. The Labute approximate surface area is 122 Å². The average Bonchev–Trinajstić information content (AvgIpc) is 3.07. The molecular formula is C12H20N4OS2. The molecule has 0 bridgehead atoms. The van der Waals surface area contributed by atoms with Crippen LogP contribution in [-0.4, -0.2) is 64.7 Å². The average molecular weight is 300 g/mol. The summed E-state index contributed by atoms with van der Waals surface area (Å²) in [6.07, 6.45) is 0. The second-order valence-electron chi connectivity index (χ2n) is 5.10. The van der Waals surface area contributed by atoms with Crippen molar-refractivity contribution in [3.05, 3.63) is 11.7 Å². The third-order valence-electron chi connectivity index (χ3n) is 3.92. The number of likely N-dealkylation sites (N-methyl/N-ethyl adjacent to an activating group) is 1. The van der Waals surface area contributed by atoms with Gasteiger partial charge >= 0.3 is 0 Å². The standard InChI is InChI=1S/C12H20N4OS2/c1-13-9-6-19-5-8(9)12-14-11(15-17-12)10-7-18-4-3-16(10)2/h8-10,13H,3-7H2,1-2H3. The zero-order valence-corrected chi connectivity index (χ0v) is 13.0. The van der Waals surface area contributed by atoms with E-state index in [4.69, 9.17) is 4.52 Å². The van der Waals surface area contributed by atoms with E-state index >= 15 is 0 Å². The van der Waals surface area contributed by atoms with Crippen molar-refractivity contribution < 1.29 is 4.52 Å². The van der Waals surface area contributed by atoms with Crippen LogP contribution >= 0.6 is 23.5 Å². The fourth-order valence-corrected chi connectivity index (χ4v) is 5.20. The Morgan fingerprint density at radius 1 is 1.32 bits per heavy atom. The molecule has 0 radical (unpaired) electrons. The number of aromatic nitrogens is 2. The van der Waals surface area contributed by atoms with Gasteiger partial charge in [-0.15, -0.1) is 0 Å². The predicted octanol–water partition coefficient (Wildman–Crippen LogP) is 1.21. The number of rotatable bonds is 3. The highest BCUT2D eigenvalue weighted by molar-refractivity contribution is 7.99. The van der Waals surface area contributed by atoms with Gasteiger partial charge in [0, 0.05) is 35.6 Å². The van der Waals surface area contributed by atoms with Crippen LogP contribution in [0.5, 0.6) is 0 Å². The van der Waals surface area contributed by atoms with E-state index < -0.39 is 0 Å². The van der Waals surface area contributed by atoms with Gasteiger partial charge in [0.1, 0.15) is 0 Å². The van der Waals surface area contributed by atoms with E-state index in [2.05, 4.69) is 27.4 Å². The summed E-state index contributed by atoms with van der Waals surface area (Å²) in [5.74, 6) is 6.47. The van der Waals surface area contributed by atoms with Crippen molar-refractivity contribution in [3.8, 4) is 0 Å². The number of nitrogens with one attached hydrogen (secondary N) is 1. The molecule has 0 aromatic carbocycles. The van der Waals surface area contributed by atoms with E-state index in [-0.39, 0.29) is 0 Å². The Bertz CT molecular complexity index is 411. The van der Waals surface area contributed by atoms with Crippen molar-refractivity contribution in [3.63, 3.8) is 0 Å². The zero-order valence-electron chi connectivity index (χ0n) is 11.3. The summed E-state index contributed by atoms with van der Waals surface area (Å²) in [5.41, 5.74) is 0. The molecule has 106 valence electrons. The Kier molecular flexibility index (Phi) is 4.36. The molecular weight excluding hydrogens is 280 g/mol. The second kappa shape index (κ2) is 6.03. The van der Waals surface area contributed by atoms with Crippen molar-refractivity contribution in [2.24, 2.45) is 0 Å². The van der Waals surface area contributed by atoms with Gasteiger partial charge in [-0.1, -0.05) is 5.16 Å². The molecule has 0 aliphatic carbocycles. The van der Waals surface area contributed by atoms with Crippen molar-refractivity contribution in [1.82, 2.24) is 20.4 Å². The molecule has 3 unspecified atom stereocenters. The van der Waals surface area contributed by atoms with E-state index in [1.165, 1.54) is 5.75 Å². The first-order valence-electron chi connectivity index (χ1n) is 6.66. The fraction of sp³-hybridized carbons (Fsp3) is 0.833. The van der Waals surface area contributed by atoms with Gasteiger partial charge in [-0.25, -0.2) is 0 Å². The van der Waals surface area contributed by atoms with E-state index in [9.17, 15) is 0 Å². The first-order valence-corrected chi connectivity index (χ1v) is 8.97. The van der Waals surface area contributed by atoms with E-state index in [0.717, 1.165) is 35.5 Å². The number of nitrogens with zero attached hydrogens (tertiary/aromatic N) is 3. The van der Waals surface area contributed by atoms with Gasteiger partial charge in [0.05, 0.1) is 12.0 Å². The van der Waals surface area contributed by atoms with Crippen molar-refractivity contribution in [2.45, 2.75) is 18.0 Å². The Balaban J connectivity index is 1.75. The van der Waals surface area contributed by atoms with Crippen LogP contribution in [0.2, 0.25) is 0 Å². The molecule has 0 saturated carbocycles. The molecule has 1 aromatic heterocycles. The molecule has 5 nitrogen and oxygen atoms in total. The summed E-state index contributed by atoms with van der Waals surface area (Å²) >= 11 is 3.92. The molecule has 1 N–H and O–H groups in total. The predicted molar refractivity (Wildman–Crippen MR) is 79.9 cm³/mol. The minimum atomic E-state index is 0.304. The molecule has 3 atom stereocenters. The van der Waals surface area contributed by atoms with Crippen LogP contribution in [0.15, 0.2) is 4.52 Å². The highest BCUT2D eigenvalue weighted by Crippen LogP contribution is 2.33. The van der Waals surface area contributed by atoms with Crippen LogP contribution in [-0.2, 0) is 0 Å². The van der Waals surface area contributed by atoms with Gasteiger partial charge in [-0.3, -0.25) is 4.90 Å². The molecule has 3 heterocycles. The molecule has 2 aliphatic rings. The summed E-state index contributed by atoms with van der Waals surface area (Å²) in [6.45, 7) is 1.09. The first-order chi connectivity index (χ1) is 9.29. The van der Waals surface area contributed by atoms with Crippen molar-refractivity contribution in [2.75, 3.05) is 43.7 Å². The largest absolute Gasteiger partial charge is 0.339 e. The van der Waals surface area contributed by atoms with E-state index in [0.29, 0.717) is 18.0 Å². The Hall–Kier alpha value is -0.240. The molecule has 7 heteroatoms. The maximum absolute atomic E-state index is 5.53. The summed E-state index contributed by atoms with van der Waals surface area (Å²) in [6, 6.07) is 0.759. The molecule has 1 aromatic rings. The van der Waals surface area contributed by atoms with Gasteiger partial charge in [-0.2, -0.15) is 28.5 Å². The first kappa shape index (κ1) is 13.7. The number of thioether (sulfide) groups is 2. The lowest BCUT2D eigenvalue weighted by molar-refractivity contribution is 0.255. The van der Waals surface area contributed by atoms with Crippen LogP contribution in [0.25, 0.3) is 0 Å². The summed E-state index contributed by atoms with van der Waals surface area (Å²) < 4.78 is 5.53. The molecule has 0 amide bonds. The quantitative estimate of drug-likeness (QED) is 0.900. The molecule has 19 heavy (non-hydrogen) atoms. The maximum Gasteiger partial charge on any atom is 0.232 e. The number of hydrogen-bond acceptors (Lipinski definition) is 7. The summed E-state index contributed by atoms with van der Waals surface area (Å²) in [7, 11) is 4.15. The van der Waals surface area contributed by atoms with Gasteiger partial charge < -0.3 is 9.84 Å². The Morgan fingerprint density at radius 2 is 2.21 bits per heavy atom. The topological polar surface area (TPSA) is 54.2 Å². The smallest absolute Gasteiger partial charge is 0.232 e. The third kappa shape index (κ3) is 2.79. The molecule has 2 saturated heterocycles. The van der Waals surface area contributed by atoms with Crippen LogP contribution in [0.3, 0.4) is 0 Å². The molecule has 3 rings (SSSR count). The van der Waals surface area contributed by atoms with Gasteiger partial charge in [0.25, 0.3) is 0 Å². The van der Waals surface area contributed by atoms with E-state index in [1.54, 1.807) is 0 Å². The minimum absolute atomic E-state index is 0.304. The normalized spacial score (nSPS) is 32.8. The lowest BCUT2D eigenvalue weighted by atomic mass is 10.0. The molecule has 2 aliphatic heterocycles. The van der Waals surface area contributed by atoms with E-state index in [1.807, 2.05) is 30.6 Å². The molecule has 2 fully saturated rings. The highest BCUT2D eigenvalue weighted by Gasteiger charge is 2.34. The Morgan fingerprint density at radius 3 is 3.00 bits per heavy atom. The maximum atomic E-state index is 5.53. The van der Waals surface area contributed by atoms with Crippen LogP contribution in [0, 0.1) is 0 Å². The monoisotopic (exact) mass is 300 g/mol. The van der Waals surface area contributed by atoms with Gasteiger partial charge in [-0.05, 0) is 14.1 Å². The zero-order chi connectivity index (χ0) is 13.2. The summed E-state index contributed by atoms with van der Waals surface area (Å²) in [4.78, 5) is 7.00. The van der Waals surface area contributed by atoms with Crippen molar-refractivity contribution in [1.29, 1.82) is 0 Å². The SMILES string of the molecule is CNC1CSCC1c1nc(C2CSCCN2C)no1. The fourth-order valence-electron chi connectivity index (χ4n) is 2.57. The van der Waals surface area contributed by atoms with Gasteiger partial charge in [0.15, 0.2) is 5.82 Å². The van der Waals surface area contributed by atoms with Crippen LogP contribution < -0.4 is 5.32 Å². The van der Waals surface area contributed by atoms with Crippen LogP contribution in [0.1, 0.15) is 23.7 Å². The highest BCUT2D eigenvalue weighted by atomic mass is 32.2. The van der Waals surface area contributed by atoms with Gasteiger partial charge in [0.2, 0.25) is 5.89 Å². The summed E-state index contributed by atoms with van der Waals surface area (Å²) in [5, 5.41) is 7.57. The minimum Gasteiger partial charge on any atom is -0.339 e. The molecule has 0 spiro atoms. The lowest BCUT2D eigenvalue weighted by Crippen LogP contribution is -2.33. The number of hydrogen-bond donors (Lipinski definition) is 1. The second-order valence-corrected chi connectivity index (χ2v) is 7.33. The lowest BCUT2D eigenvalue weighted by Gasteiger charge is -2.29.